The maximum absolute atomic E-state index is 13.0. The summed E-state index contributed by atoms with van der Waals surface area (Å²) < 4.78 is 1.97. The van der Waals surface area contributed by atoms with E-state index < -0.39 is 0 Å². The second-order valence-corrected chi connectivity index (χ2v) is 9.06. The number of imidazole rings is 1. The molecule has 0 radical (unpaired) electrons. The number of likely N-dealkylation sites (tertiary alicyclic amines) is 1. The van der Waals surface area contributed by atoms with Gasteiger partial charge in [-0.2, -0.15) is 0 Å². The van der Waals surface area contributed by atoms with Crippen molar-refractivity contribution in [3.8, 4) is 22.0 Å². The lowest BCUT2D eigenvalue weighted by Gasteiger charge is -2.14. The molecule has 32 heavy (non-hydrogen) atoms. The molecule has 162 valence electrons. The van der Waals surface area contributed by atoms with Crippen LogP contribution in [-0.2, 0) is 13.6 Å². The van der Waals surface area contributed by atoms with Gasteiger partial charge in [-0.25, -0.2) is 9.97 Å². The van der Waals surface area contributed by atoms with Gasteiger partial charge in [-0.1, -0.05) is 53.8 Å². The van der Waals surface area contributed by atoms with Gasteiger partial charge in [0, 0.05) is 37.1 Å². The van der Waals surface area contributed by atoms with E-state index in [1.165, 1.54) is 24.2 Å². The summed E-state index contributed by atoms with van der Waals surface area (Å²) in [6, 6.07) is 17.9. The third kappa shape index (κ3) is 4.35. The van der Waals surface area contributed by atoms with Gasteiger partial charge in [0.2, 0.25) is 0 Å². The molecule has 5 rings (SSSR count). The minimum Gasteiger partial charge on any atom is -0.333 e. The van der Waals surface area contributed by atoms with Crippen molar-refractivity contribution >= 4 is 22.4 Å². The number of carbonyl (C=O) groups is 1. The highest BCUT2D eigenvalue weighted by atomic mass is 32.1. The molecule has 1 fully saturated rings. The van der Waals surface area contributed by atoms with E-state index in [-0.39, 0.29) is 5.91 Å². The second-order valence-electron chi connectivity index (χ2n) is 8.06. The molecule has 0 aliphatic carbocycles. The van der Waals surface area contributed by atoms with Crippen molar-refractivity contribution in [1.82, 2.24) is 19.4 Å². The monoisotopic (exact) mass is 443 g/mol. The van der Waals surface area contributed by atoms with Crippen molar-refractivity contribution in [3.05, 3.63) is 78.1 Å². The molecule has 1 saturated heterocycles. The Bertz CT molecular complexity index is 1220. The number of hydrogen-bond donors (Lipinski definition) is 1. The maximum atomic E-state index is 13.0. The van der Waals surface area contributed by atoms with E-state index in [0.717, 1.165) is 47.2 Å². The van der Waals surface area contributed by atoms with E-state index in [1.807, 2.05) is 66.3 Å². The van der Waals surface area contributed by atoms with E-state index in [2.05, 4.69) is 21.3 Å². The van der Waals surface area contributed by atoms with E-state index in [0.29, 0.717) is 10.7 Å². The molecule has 0 saturated carbocycles. The average molecular weight is 444 g/mol. The third-order valence-electron chi connectivity index (χ3n) is 5.71. The van der Waals surface area contributed by atoms with Crippen molar-refractivity contribution in [3.63, 3.8) is 0 Å². The summed E-state index contributed by atoms with van der Waals surface area (Å²) in [5.41, 5.74) is 3.63. The molecule has 1 aliphatic heterocycles. The van der Waals surface area contributed by atoms with Gasteiger partial charge in [0.1, 0.15) is 0 Å². The lowest BCUT2D eigenvalue weighted by Crippen LogP contribution is -2.19. The van der Waals surface area contributed by atoms with Crippen LogP contribution >= 0.6 is 11.3 Å². The van der Waals surface area contributed by atoms with Crippen molar-refractivity contribution in [2.24, 2.45) is 7.05 Å². The second kappa shape index (κ2) is 9.06. The van der Waals surface area contributed by atoms with Crippen LogP contribution in [0, 0.1) is 0 Å². The highest BCUT2D eigenvalue weighted by molar-refractivity contribution is 7.19. The fraction of sp³-hybridized carbons (Fsp3) is 0.240. The number of aromatic nitrogens is 3. The quantitative estimate of drug-likeness (QED) is 0.453. The average Bonchev–Trinajstić information content (AvgIpc) is 3.56. The largest absolute Gasteiger partial charge is 0.333 e. The van der Waals surface area contributed by atoms with Crippen molar-refractivity contribution in [2.75, 3.05) is 18.4 Å². The molecule has 3 heterocycles. The molecule has 0 atom stereocenters. The van der Waals surface area contributed by atoms with Crippen molar-refractivity contribution in [2.45, 2.75) is 19.4 Å². The van der Waals surface area contributed by atoms with Crippen LogP contribution in [0.1, 0.15) is 28.8 Å². The molecule has 1 N–H and O–H groups in total. The molecular weight excluding hydrogens is 418 g/mol. The van der Waals surface area contributed by atoms with Gasteiger partial charge < -0.3 is 4.57 Å². The van der Waals surface area contributed by atoms with Crippen LogP contribution in [0.5, 0.6) is 0 Å². The highest BCUT2D eigenvalue weighted by Gasteiger charge is 2.20. The van der Waals surface area contributed by atoms with Gasteiger partial charge in [0.25, 0.3) is 5.91 Å². The molecule has 1 aliphatic rings. The number of anilines is 1. The van der Waals surface area contributed by atoms with E-state index >= 15 is 0 Å². The summed E-state index contributed by atoms with van der Waals surface area (Å²) >= 11 is 1.44. The summed E-state index contributed by atoms with van der Waals surface area (Å²) in [7, 11) is 1.96. The summed E-state index contributed by atoms with van der Waals surface area (Å²) in [4.78, 5) is 25.7. The van der Waals surface area contributed by atoms with Crippen LogP contribution in [0.4, 0.5) is 5.13 Å². The fourth-order valence-corrected chi connectivity index (χ4v) is 5.10. The zero-order valence-corrected chi connectivity index (χ0v) is 18.8. The highest BCUT2D eigenvalue weighted by Crippen LogP contribution is 2.38. The minimum atomic E-state index is -0.145. The number of aryl methyl sites for hydroxylation is 1. The number of carbonyl (C=O) groups excluding carboxylic acids is 1. The standard InChI is InChI=1S/C25H25N5OS/c1-29-15-12-26-23(29)22-21(19-9-3-2-4-10-19)27-25(32-22)28-24(31)20-11-7-8-18(16-20)17-30-13-5-6-14-30/h2-4,7-12,15-16H,5-6,13-14,17H2,1H3,(H,27,28,31). The van der Waals surface area contributed by atoms with Crippen LogP contribution in [0.2, 0.25) is 0 Å². The zero-order valence-electron chi connectivity index (χ0n) is 18.0. The van der Waals surface area contributed by atoms with Gasteiger partial charge in [-0.15, -0.1) is 0 Å². The first-order chi connectivity index (χ1) is 15.7. The minimum absolute atomic E-state index is 0.145. The fourth-order valence-electron chi connectivity index (χ4n) is 4.08. The Labute approximate surface area is 191 Å². The summed E-state index contributed by atoms with van der Waals surface area (Å²) in [5.74, 6) is 0.683. The molecule has 0 bridgehead atoms. The number of hydrogen-bond acceptors (Lipinski definition) is 5. The van der Waals surface area contributed by atoms with Gasteiger partial charge in [-0.3, -0.25) is 15.0 Å². The van der Waals surface area contributed by atoms with E-state index in [9.17, 15) is 4.79 Å². The predicted molar refractivity (Wildman–Crippen MR) is 129 cm³/mol. The maximum Gasteiger partial charge on any atom is 0.257 e. The van der Waals surface area contributed by atoms with Gasteiger partial charge >= 0.3 is 0 Å². The molecule has 2 aromatic heterocycles. The Kier molecular flexibility index (Phi) is 5.83. The smallest absolute Gasteiger partial charge is 0.257 e. The Hall–Kier alpha value is -3.29. The topological polar surface area (TPSA) is 63.1 Å². The lowest BCUT2D eigenvalue weighted by atomic mass is 10.1. The Morgan fingerprint density at radius 3 is 2.66 bits per heavy atom. The van der Waals surface area contributed by atoms with Crippen LogP contribution in [0.3, 0.4) is 0 Å². The number of rotatable bonds is 6. The first kappa shape index (κ1) is 20.6. The van der Waals surface area contributed by atoms with Gasteiger partial charge in [0.15, 0.2) is 11.0 Å². The Morgan fingerprint density at radius 1 is 1.09 bits per heavy atom. The van der Waals surface area contributed by atoms with Crippen molar-refractivity contribution in [1.29, 1.82) is 0 Å². The molecule has 4 aromatic rings. The Balaban J connectivity index is 1.41. The SMILES string of the molecule is Cn1ccnc1-c1sc(NC(=O)c2cccc(CN3CCCC3)c2)nc1-c1ccccc1. The zero-order chi connectivity index (χ0) is 21.9. The first-order valence-electron chi connectivity index (χ1n) is 10.8. The number of nitrogens with zero attached hydrogens (tertiary/aromatic N) is 4. The van der Waals surface area contributed by atoms with E-state index in [4.69, 9.17) is 4.98 Å². The molecule has 2 aromatic carbocycles. The molecule has 1 amide bonds. The molecular formula is C25H25N5OS. The van der Waals surface area contributed by atoms with Crippen LogP contribution in [-0.4, -0.2) is 38.4 Å². The normalized spacial score (nSPS) is 14.0. The lowest BCUT2D eigenvalue weighted by molar-refractivity contribution is 0.102. The molecule has 6 nitrogen and oxygen atoms in total. The van der Waals surface area contributed by atoms with Gasteiger partial charge in [0.05, 0.1) is 10.6 Å². The summed E-state index contributed by atoms with van der Waals surface area (Å²) in [6.45, 7) is 3.15. The predicted octanol–water partition coefficient (Wildman–Crippen LogP) is 5.06. The Morgan fingerprint density at radius 2 is 1.91 bits per heavy atom. The van der Waals surface area contributed by atoms with Crippen LogP contribution in [0.15, 0.2) is 67.0 Å². The van der Waals surface area contributed by atoms with Crippen LogP contribution < -0.4 is 5.32 Å². The van der Waals surface area contributed by atoms with Gasteiger partial charge in [-0.05, 0) is 43.6 Å². The number of benzene rings is 2. The van der Waals surface area contributed by atoms with E-state index in [1.54, 1.807) is 6.20 Å². The van der Waals surface area contributed by atoms with Crippen LogP contribution in [0.25, 0.3) is 22.0 Å². The summed E-state index contributed by atoms with van der Waals surface area (Å²) in [6.07, 6.45) is 6.19. The molecule has 7 heteroatoms. The first-order valence-corrected chi connectivity index (χ1v) is 11.7. The van der Waals surface area contributed by atoms with Crippen molar-refractivity contribution < 1.29 is 4.79 Å². The number of thiazole rings is 1. The molecule has 0 spiro atoms. The number of nitrogens with one attached hydrogen (secondary N) is 1. The third-order valence-corrected chi connectivity index (χ3v) is 6.68. The molecule has 0 unspecified atom stereocenters. The number of amides is 1. The summed E-state index contributed by atoms with van der Waals surface area (Å²) in [5, 5.41) is 3.58.